The first-order chi connectivity index (χ1) is 15.1. The standard InChI is InChI=1S/C21H26N6O3S/c28-18-13-15(22-20(30)23-18)12-17-24-25-21(27(17)16-8-4-3-5-9-16)31-14-19(29)26-10-6-1-2-7-11-26/h3-5,8-9,15H,1-2,6-7,10-14H2,(H2,22,23,28,30). The Balaban J connectivity index is 1.51. The molecule has 164 valence electrons. The van der Waals surface area contributed by atoms with Gasteiger partial charge in [-0.25, -0.2) is 4.79 Å². The highest BCUT2D eigenvalue weighted by Crippen LogP contribution is 2.24. The van der Waals surface area contributed by atoms with Gasteiger partial charge in [0.15, 0.2) is 5.16 Å². The molecule has 31 heavy (non-hydrogen) atoms. The molecule has 0 spiro atoms. The van der Waals surface area contributed by atoms with Gasteiger partial charge in [-0.1, -0.05) is 42.8 Å². The zero-order valence-corrected chi connectivity index (χ0v) is 18.1. The predicted octanol–water partition coefficient (Wildman–Crippen LogP) is 1.90. The van der Waals surface area contributed by atoms with E-state index in [0.717, 1.165) is 31.6 Å². The molecule has 2 fully saturated rings. The zero-order valence-electron chi connectivity index (χ0n) is 17.2. The van der Waals surface area contributed by atoms with Crippen LogP contribution in [-0.2, 0) is 16.0 Å². The van der Waals surface area contributed by atoms with Crippen LogP contribution in [0.5, 0.6) is 0 Å². The molecule has 0 saturated carbocycles. The fraction of sp³-hybridized carbons (Fsp3) is 0.476. The highest BCUT2D eigenvalue weighted by molar-refractivity contribution is 7.99. The van der Waals surface area contributed by atoms with Gasteiger partial charge in [-0.05, 0) is 25.0 Å². The van der Waals surface area contributed by atoms with Crippen LogP contribution < -0.4 is 10.6 Å². The van der Waals surface area contributed by atoms with Gasteiger partial charge in [0.05, 0.1) is 5.75 Å². The first kappa shape index (κ1) is 21.4. The van der Waals surface area contributed by atoms with Crippen molar-refractivity contribution in [1.29, 1.82) is 0 Å². The molecule has 4 rings (SSSR count). The first-order valence-electron chi connectivity index (χ1n) is 10.6. The van der Waals surface area contributed by atoms with E-state index in [9.17, 15) is 14.4 Å². The molecule has 4 amide bonds. The summed E-state index contributed by atoms with van der Waals surface area (Å²) in [5.74, 6) is 0.744. The van der Waals surface area contributed by atoms with Gasteiger partial charge in [0.2, 0.25) is 11.8 Å². The lowest BCUT2D eigenvalue weighted by molar-refractivity contribution is -0.128. The topological polar surface area (TPSA) is 109 Å². The molecule has 0 radical (unpaired) electrons. The van der Waals surface area contributed by atoms with Crippen molar-refractivity contribution in [3.05, 3.63) is 36.2 Å². The third-order valence-electron chi connectivity index (χ3n) is 5.45. The van der Waals surface area contributed by atoms with E-state index in [4.69, 9.17) is 0 Å². The fourth-order valence-electron chi connectivity index (χ4n) is 3.92. The van der Waals surface area contributed by atoms with Crippen molar-refractivity contribution in [2.75, 3.05) is 18.8 Å². The van der Waals surface area contributed by atoms with Crippen molar-refractivity contribution in [3.63, 3.8) is 0 Å². The maximum Gasteiger partial charge on any atom is 0.321 e. The number of thioether (sulfide) groups is 1. The number of urea groups is 1. The maximum absolute atomic E-state index is 12.7. The third-order valence-corrected chi connectivity index (χ3v) is 6.36. The Morgan fingerprint density at radius 2 is 1.81 bits per heavy atom. The largest absolute Gasteiger partial charge is 0.342 e. The van der Waals surface area contributed by atoms with Crippen molar-refractivity contribution in [1.82, 2.24) is 30.3 Å². The van der Waals surface area contributed by atoms with E-state index >= 15 is 0 Å². The highest BCUT2D eigenvalue weighted by atomic mass is 32.2. The first-order valence-corrected chi connectivity index (χ1v) is 11.6. The SMILES string of the molecule is O=C1CC(Cc2nnc(SCC(=O)N3CCCCCC3)n2-c2ccccc2)NC(=O)N1. The minimum Gasteiger partial charge on any atom is -0.342 e. The van der Waals surface area contributed by atoms with Crippen LogP contribution in [0.3, 0.4) is 0 Å². The van der Waals surface area contributed by atoms with Crippen LogP contribution in [0.25, 0.3) is 5.69 Å². The molecule has 1 aromatic carbocycles. The highest BCUT2D eigenvalue weighted by Gasteiger charge is 2.27. The van der Waals surface area contributed by atoms with Crippen LogP contribution in [-0.4, -0.2) is 62.4 Å². The number of aromatic nitrogens is 3. The lowest BCUT2D eigenvalue weighted by Crippen LogP contribution is -2.53. The monoisotopic (exact) mass is 442 g/mol. The molecule has 0 bridgehead atoms. The number of nitrogens with one attached hydrogen (secondary N) is 2. The van der Waals surface area contributed by atoms with Crippen LogP contribution >= 0.6 is 11.8 Å². The molecule has 1 atom stereocenters. The number of para-hydroxylation sites is 1. The second-order valence-electron chi connectivity index (χ2n) is 7.78. The predicted molar refractivity (Wildman–Crippen MR) is 116 cm³/mol. The van der Waals surface area contributed by atoms with Gasteiger partial charge in [-0.2, -0.15) is 0 Å². The zero-order chi connectivity index (χ0) is 21.6. The van der Waals surface area contributed by atoms with Crippen molar-refractivity contribution in [2.24, 2.45) is 0 Å². The average Bonchev–Trinajstić information content (AvgIpc) is 2.95. The van der Waals surface area contributed by atoms with Crippen molar-refractivity contribution >= 4 is 29.6 Å². The maximum atomic E-state index is 12.7. The number of rotatable bonds is 6. The van der Waals surface area contributed by atoms with Crippen molar-refractivity contribution < 1.29 is 14.4 Å². The summed E-state index contributed by atoms with van der Waals surface area (Å²) in [5, 5.41) is 14.3. The number of benzene rings is 1. The lowest BCUT2D eigenvalue weighted by Gasteiger charge is -2.23. The molecule has 2 N–H and O–H groups in total. The average molecular weight is 443 g/mol. The Bertz CT molecular complexity index is 924. The summed E-state index contributed by atoms with van der Waals surface area (Å²) in [6.07, 6.45) is 5.02. The Kier molecular flexibility index (Phi) is 6.86. The van der Waals surface area contributed by atoms with E-state index in [0.29, 0.717) is 23.2 Å². The molecule has 1 aromatic heterocycles. The summed E-state index contributed by atoms with van der Waals surface area (Å²) in [7, 11) is 0. The van der Waals surface area contributed by atoms with Gasteiger partial charge in [0.25, 0.3) is 0 Å². The third kappa shape index (κ3) is 5.43. The van der Waals surface area contributed by atoms with E-state index < -0.39 is 6.03 Å². The lowest BCUT2D eigenvalue weighted by atomic mass is 10.1. The molecule has 2 aliphatic heterocycles. The van der Waals surface area contributed by atoms with Gasteiger partial charge >= 0.3 is 6.03 Å². The van der Waals surface area contributed by atoms with Gasteiger partial charge in [-0.15, -0.1) is 10.2 Å². The number of carbonyl (C=O) groups excluding carboxylic acids is 3. The molecule has 10 heteroatoms. The molecule has 2 aliphatic rings. The number of hydrogen-bond acceptors (Lipinski definition) is 6. The summed E-state index contributed by atoms with van der Waals surface area (Å²) in [4.78, 5) is 38.0. The van der Waals surface area contributed by atoms with Crippen LogP contribution in [0.2, 0.25) is 0 Å². The van der Waals surface area contributed by atoms with Crippen LogP contribution in [0.1, 0.15) is 37.9 Å². The van der Waals surface area contributed by atoms with Gasteiger partial charge < -0.3 is 10.2 Å². The van der Waals surface area contributed by atoms with Crippen LogP contribution in [0, 0.1) is 0 Å². The molecule has 2 saturated heterocycles. The smallest absolute Gasteiger partial charge is 0.321 e. The van der Waals surface area contributed by atoms with E-state index in [-0.39, 0.29) is 24.3 Å². The molecule has 0 aliphatic carbocycles. The number of hydrogen-bond donors (Lipinski definition) is 2. The fourth-order valence-corrected chi connectivity index (χ4v) is 4.79. The molecule has 9 nitrogen and oxygen atoms in total. The Morgan fingerprint density at radius 3 is 2.52 bits per heavy atom. The van der Waals surface area contributed by atoms with Gasteiger partial charge in [-0.3, -0.25) is 19.5 Å². The number of likely N-dealkylation sites (tertiary alicyclic amines) is 1. The normalized spacial score (nSPS) is 19.5. The molecule has 1 unspecified atom stereocenters. The number of imide groups is 1. The second-order valence-corrected chi connectivity index (χ2v) is 8.72. The number of amides is 4. The Morgan fingerprint density at radius 1 is 1.06 bits per heavy atom. The van der Waals surface area contributed by atoms with Crippen LogP contribution in [0.4, 0.5) is 4.79 Å². The number of nitrogens with zero attached hydrogens (tertiary/aromatic N) is 4. The van der Waals surface area contributed by atoms with Crippen molar-refractivity contribution in [2.45, 2.75) is 49.7 Å². The minimum atomic E-state index is -0.496. The summed E-state index contributed by atoms with van der Waals surface area (Å²) >= 11 is 1.37. The van der Waals surface area contributed by atoms with Crippen molar-refractivity contribution in [3.8, 4) is 5.69 Å². The number of carbonyl (C=O) groups is 3. The molecular weight excluding hydrogens is 416 g/mol. The quantitative estimate of drug-likeness (QED) is 0.662. The second kappa shape index (κ2) is 9.95. The molecule has 2 aromatic rings. The minimum absolute atomic E-state index is 0.118. The summed E-state index contributed by atoms with van der Waals surface area (Å²) in [5.41, 5.74) is 0.874. The molecular formula is C21H26N6O3S. The summed E-state index contributed by atoms with van der Waals surface area (Å²) < 4.78 is 1.90. The summed E-state index contributed by atoms with van der Waals surface area (Å²) in [6.45, 7) is 1.64. The molecule has 3 heterocycles. The summed E-state index contributed by atoms with van der Waals surface area (Å²) in [6, 6.07) is 8.81. The van der Waals surface area contributed by atoms with E-state index in [1.807, 2.05) is 39.8 Å². The van der Waals surface area contributed by atoms with Gasteiger partial charge in [0.1, 0.15) is 5.82 Å². The van der Waals surface area contributed by atoms with E-state index in [1.54, 1.807) is 0 Å². The van der Waals surface area contributed by atoms with Crippen LogP contribution in [0.15, 0.2) is 35.5 Å². The van der Waals surface area contributed by atoms with Gasteiger partial charge in [0, 0.05) is 37.7 Å². The van der Waals surface area contributed by atoms with E-state index in [1.165, 1.54) is 24.6 Å². The van der Waals surface area contributed by atoms with E-state index in [2.05, 4.69) is 20.8 Å². The Hall–Kier alpha value is -2.88. The Labute approximate surface area is 185 Å².